The molecule has 2 N–H and O–H groups in total. The van der Waals surface area contributed by atoms with Crippen LogP contribution in [0.1, 0.15) is 72.9 Å². The van der Waals surface area contributed by atoms with Gasteiger partial charge in [0.2, 0.25) is 0 Å². The normalized spacial score (nSPS) is 31.0. The fourth-order valence-corrected chi connectivity index (χ4v) is 7.51. The Labute approximate surface area is 226 Å². The smallest absolute Gasteiger partial charge is 0.338 e. The number of nitrogens with one attached hydrogen (secondary N) is 1. The number of carbonyl (C=O) groups is 1. The molecule has 1 spiro atoms. The van der Waals surface area contributed by atoms with Crippen LogP contribution in [0.15, 0.2) is 42.5 Å². The summed E-state index contributed by atoms with van der Waals surface area (Å²) in [5.74, 6) is 1.60. The summed E-state index contributed by atoms with van der Waals surface area (Å²) in [6.07, 6.45) is 9.31. The monoisotopic (exact) mass is 519 g/mol. The second-order valence-corrected chi connectivity index (χ2v) is 12.0. The standard InChI is InChI=1S/C32H41NO5/c1-36-30(22-7-4-9-25(34)16-22)26-13-11-24(26)18-37-31(35)23-12-14-29-28(17-23)33-19-32(20-38-29)15-5-8-21-6-2-3-10-27(21)32/h2-3,6,10,12,14,17,22,24-26,30,33-34H,4-5,7-9,11,13,15-16,18-20H2,1H3/t22-,24-,25+,26+,30+,32?/m0/s1. The predicted octanol–water partition coefficient (Wildman–Crippen LogP) is 5.51. The predicted molar refractivity (Wildman–Crippen MR) is 147 cm³/mol. The molecule has 6 nitrogen and oxygen atoms in total. The topological polar surface area (TPSA) is 77.0 Å². The van der Waals surface area contributed by atoms with Gasteiger partial charge in [-0.3, -0.25) is 0 Å². The van der Waals surface area contributed by atoms with E-state index >= 15 is 0 Å². The summed E-state index contributed by atoms with van der Waals surface area (Å²) < 4.78 is 18.1. The second-order valence-electron chi connectivity index (χ2n) is 12.0. The molecule has 1 aliphatic heterocycles. The number of esters is 1. The Hall–Kier alpha value is -2.57. The van der Waals surface area contributed by atoms with Gasteiger partial charge in [0.25, 0.3) is 0 Å². The molecule has 1 unspecified atom stereocenters. The molecule has 2 aromatic carbocycles. The zero-order chi connectivity index (χ0) is 26.1. The first kappa shape index (κ1) is 25.7. The molecule has 6 heteroatoms. The van der Waals surface area contributed by atoms with Gasteiger partial charge in [-0.25, -0.2) is 4.79 Å². The Kier molecular flexibility index (Phi) is 7.37. The molecule has 0 amide bonds. The van der Waals surface area contributed by atoms with Crippen LogP contribution in [0.25, 0.3) is 0 Å². The van der Waals surface area contributed by atoms with Gasteiger partial charge in [0.15, 0.2) is 0 Å². The molecule has 0 aromatic heterocycles. The number of benzene rings is 2. The number of hydrogen-bond acceptors (Lipinski definition) is 6. The molecular formula is C32H41NO5. The van der Waals surface area contributed by atoms with E-state index in [0.29, 0.717) is 36.5 Å². The van der Waals surface area contributed by atoms with Crippen LogP contribution in [-0.2, 0) is 21.3 Å². The molecule has 2 saturated carbocycles. The first-order chi connectivity index (χ1) is 18.6. The molecule has 0 bridgehead atoms. The molecule has 6 atom stereocenters. The number of rotatable bonds is 6. The van der Waals surface area contributed by atoms with Gasteiger partial charge in [-0.2, -0.15) is 0 Å². The number of anilines is 1. The van der Waals surface area contributed by atoms with Gasteiger partial charge >= 0.3 is 5.97 Å². The molecule has 0 radical (unpaired) electrons. The minimum absolute atomic E-state index is 0.0555. The van der Waals surface area contributed by atoms with E-state index in [1.54, 1.807) is 7.11 Å². The lowest BCUT2D eigenvalue weighted by Gasteiger charge is -2.45. The quantitative estimate of drug-likeness (QED) is 0.490. The minimum atomic E-state index is -0.288. The van der Waals surface area contributed by atoms with Crippen molar-refractivity contribution in [3.63, 3.8) is 0 Å². The maximum atomic E-state index is 13.1. The number of aryl methyl sites for hydroxylation is 1. The van der Waals surface area contributed by atoms with E-state index in [-0.39, 0.29) is 23.6 Å². The second kappa shape index (κ2) is 10.9. The van der Waals surface area contributed by atoms with Crippen molar-refractivity contribution in [3.05, 3.63) is 59.2 Å². The largest absolute Gasteiger partial charge is 0.490 e. The maximum absolute atomic E-state index is 13.1. The number of aliphatic hydroxyl groups is 1. The summed E-state index contributed by atoms with van der Waals surface area (Å²) in [5.41, 5.74) is 4.16. The number of methoxy groups -OCH3 is 1. The number of carbonyl (C=O) groups excluding carboxylic acids is 1. The van der Waals surface area contributed by atoms with Gasteiger partial charge in [-0.1, -0.05) is 30.7 Å². The Balaban J connectivity index is 1.08. The SMILES string of the molecule is CO[C@H]([C@H]1CCC[C@@H](O)C1)[C@@H]1CC[C@H]1COC(=O)c1ccc2c(c1)NCC1(CCCc3ccccc31)CO2. The van der Waals surface area contributed by atoms with Crippen molar-refractivity contribution < 1.29 is 24.1 Å². The third-order valence-electron chi connectivity index (χ3n) is 9.78. The molecule has 2 fully saturated rings. The van der Waals surface area contributed by atoms with Gasteiger partial charge in [0.05, 0.1) is 36.7 Å². The third kappa shape index (κ3) is 4.93. The first-order valence-electron chi connectivity index (χ1n) is 14.5. The maximum Gasteiger partial charge on any atom is 0.338 e. The lowest BCUT2D eigenvalue weighted by atomic mass is 9.66. The number of aliphatic hydroxyl groups excluding tert-OH is 1. The molecule has 204 valence electrons. The Morgan fingerprint density at radius 3 is 2.87 bits per heavy atom. The van der Waals surface area contributed by atoms with Crippen LogP contribution in [0.3, 0.4) is 0 Å². The zero-order valence-corrected chi connectivity index (χ0v) is 22.5. The van der Waals surface area contributed by atoms with E-state index in [9.17, 15) is 9.90 Å². The highest BCUT2D eigenvalue weighted by atomic mass is 16.5. The molecule has 2 aromatic rings. The molecule has 6 rings (SSSR count). The van der Waals surface area contributed by atoms with Gasteiger partial charge < -0.3 is 24.6 Å². The molecule has 4 aliphatic rings. The number of hydrogen-bond donors (Lipinski definition) is 2. The average Bonchev–Trinajstić information content (AvgIpc) is 3.11. The van der Waals surface area contributed by atoms with Crippen molar-refractivity contribution in [2.75, 3.05) is 32.2 Å². The highest BCUT2D eigenvalue weighted by Crippen LogP contribution is 2.44. The van der Waals surface area contributed by atoms with Gasteiger partial charge in [-0.15, -0.1) is 0 Å². The van der Waals surface area contributed by atoms with Crippen LogP contribution < -0.4 is 10.1 Å². The summed E-state index contributed by atoms with van der Waals surface area (Å²) in [5, 5.41) is 13.8. The van der Waals surface area contributed by atoms with Crippen molar-refractivity contribution in [2.45, 2.75) is 75.4 Å². The van der Waals surface area contributed by atoms with E-state index < -0.39 is 0 Å². The minimum Gasteiger partial charge on any atom is -0.490 e. The zero-order valence-electron chi connectivity index (χ0n) is 22.5. The van der Waals surface area contributed by atoms with Crippen molar-refractivity contribution in [2.24, 2.45) is 17.8 Å². The molecule has 0 saturated heterocycles. The molecule has 1 heterocycles. The van der Waals surface area contributed by atoms with Crippen molar-refractivity contribution in [1.29, 1.82) is 0 Å². The van der Waals surface area contributed by atoms with Crippen LogP contribution in [0.4, 0.5) is 5.69 Å². The Morgan fingerprint density at radius 1 is 1.16 bits per heavy atom. The average molecular weight is 520 g/mol. The van der Waals surface area contributed by atoms with E-state index in [1.165, 1.54) is 11.1 Å². The van der Waals surface area contributed by atoms with E-state index in [1.807, 2.05) is 18.2 Å². The summed E-state index contributed by atoms with van der Waals surface area (Å²) in [6.45, 7) is 1.84. The van der Waals surface area contributed by atoms with Crippen LogP contribution in [0.5, 0.6) is 5.75 Å². The lowest BCUT2D eigenvalue weighted by Crippen LogP contribution is -2.45. The summed E-state index contributed by atoms with van der Waals surface area (Å²) in [4.78, 5) is 13.1. The number of fused-ring (bicyclic) bond motifs is 3. The Bertz CT molecular complexity index is 1150. The van der Waals surface area contributed by atoms with Gasteiger partial charge in [0, 0.05) is 19.1 Å². The fraction of sp³-hybridized carbons (Fsp3) is 0.594. The molecule has 38 heavy (non-hydrogen) atoms. The van der Waals surface area contributed by atoms with Crippen LogP contribution in [-0.4, -0.2) is 50.2 Å². The van der Waals surface area contributed by atoms with E-state index in [4.69, 9.17) is 14.2 Å². The molecular weight excluding hydrogens is 478 g/mol. The van der Waals surface area contributed by atoms with Crippen LogP contribution in [0.2, 0.25) is 0 Å². The van der Waals surface area contributed by atoms with Gasteiger partial charge in [-0.05, 0) is 98.4 Å². The van der Waals surface area contributed by atoms with E-state index in [0.717, 1.165) is 75.8 Å². The Morgan fingerprint density at radius 2 is 2.05 bits per heavy atom. The van der Waals surface area contributed by atoms with Crippen LogP contribution >= 0.6 is 0 Å². The highest BCUT2D eigenvalue weighted by molar-refractivity contribution is 5.91. The lowest BCUT2D eigenvalue weighted by molar-refractivity contribution is -0.0855. The fourth-order valence-electron chi connectivity index (χ4n) is 7.51. The van der Waals surface area contributed by atoms with Gasteiger partial charge in [0.1, 0.15) is 5.75 Å². The third-order valence-corrected chi connectivity index (χ3v) is 9.78. The van der Waals surface area contributed by atoms with E-state index in [2.05, 4.69) is 29.6 Å². The summed E-state index contributed by atoms with van der Waals surface area (Å²) >= 11 is 0. The summed E-state index contributed by atoms with van der Waals surface area (Å²) in [6, 6.07) is 14.3. The van der Waals surface area contributed by atoms with Crippen molar-refractivity contribution in [3.8, 4) is 5.75 Å². The van der Waals surface area contributed by atoms with Crippen LogP contribution in [0, 0.1) is 17.8 Å². The van der Waals surface area contributed by atoms with Crippen molar-refractivity contribution in [1.82, 2.24) is 0 Å². The highest BCUT2D eigenvalue weighted by Gasteiger charge is 2.43. The molecule has 3 aliphatic carbocycles. The van der Waals surface area contributed by atoms with Crippen molar-refractivity contribution >= 4 is 11.7 Å². The first-order valence-corrected chi connectivity index (χ1v) is 14.5. The number of ether oxygens (including phenoxy) is 3. The summed E-state index contributed by atoms with van der Waals surface area (Å²) in [7, 11) is 1.79.